The molecule has 0 aliphatic heterocycles. The summed E-state index contributed by atoms with van der Waals surface area (Å²) in [7, 11) is 0. The van der Waals surface area contributed by atoms with Gasteiger partial charge in [0.15, 0.2) is 0 Å². The highest BCUT2D eigenvalue weighted by Gasteiger charge is 2.14. The average Bonchev–Trinajstić information content (AvgIpc) is 2.39. The number of benzene rings is 2. The molecule has 0 unspecified atom stereocenters. The molecule has 18 heavy (non-hydrogen) atoms. The third-order valence-corrected chi connectivity index (χ3v) is 2.73. The van der Waals surface area contributed by atoms with E-state index in [1.807, 2.05) is 31.2 Å². The largest absolute Gasteiger partial charge is 0.508 e. The first kappa shape index (κ1) is 12.5. The maximum absolute atomic E-state index is 9.30. The van der Waals surface area contributed by atoms with Gasteiger partial charge < -0.3 is 14.9 Å². The van der Waals surface area contributed by atoms with E-state index in [1.165, 1.54) is 0 Å². The summed E-state index contributed by atoms with van der Waals surface area (Å²) < 4.78 is 5.73. The molecule has 0 aromatic heterocycles. The van der Waals surface area contributed by atoms with Crippen LogP contribution in [0.25, 0.3) is 0 Å². The molecule has 2 aromatic rings. The fourth-order valence-corrected chi connectivity index (χ4v) is 1.85. The van der Waals surface area contributed by atoms with Gasteiger partial charge in [0.1, 0.15) is 17.6 Å². The predicted octanol–water partition coefficient (Wildman–Crippen LogP) is 3.22. The van der Waals surface area contributed by atoms with E-state index in [2.05, 4.69) is 0 Å². The number of phenolic OH excluding ortho intramolecular Hbond substituents is 2. The van der Waals surface area contributed by atoms with Crippen molar-refractivity contribution in [2.45, 2.75) is 13.0 Å². The van der Waals surface area contributed by atoms with Crippen LogP contribution < -0.4 is 0 Å². The summed E-state index contributed by atoms with van der Waals surface area (Å²) in [6.07, 6.45) is -0.184. The summed E-state index contributed by atoms with van der Waals surface area (Å²) in [6, 6.07) is 13.9. The molecule has 94 valence electrons. The zero-order valence-electron chi connectivity index (χ0n) is 10.2. The third kappa shape index (κ3) is 2.81. The SMILES string of the molecule is CCOC(c1ccc(O)cc1)c1ccc(O)cc1. The van der Waals surface area contributed by atoms with Gasteiger partial charge in [-0.3, -0.25) is 0 Å². The van der Waals surface area contributed by atoms with E-state index >= 15 is 0 Å². The Balaban J connectivity index is 2.33. The predicted molar refractivity (Wildman–Crippen MR) is 69.7 cm³/mol. The van der Waals surface area contributed by atoms with E-state index in [1.54, 1.807) is 24.3 Å². The Labute approximate surface area is 106 Å². The number of ether oxygens (including phenoxy) is 1. The summed E-state index contributed by atoms with van der Waals surface area (Å²) in [5.41, 5.74) is 1.95. The van der Waals surface area contributed by atoms with Crippen LogP contribution >= 0.6 is 0 Å². The molecular formula is C15H16O3. The molecule has 2 rings (SSSR count). The molecule has 0 atom stereocenters. The molecule has 0 saturated carbocycles. The van der Waals surface area contributed by atoms with Crippen molar-refractivity contribution in [1.82, 2.24) is 0 Å². The summed E-state index contributed by atoms with van der Waals surface area (Å²) in [5.74, 6) is 0.472. The first-order valence-electron chi connectivity index (χ1n) is 5.90. The van der Waals surface area contributed by atoms with Gasteiger partial charge in [-0.05, 0) is 42.3 Å². The van der Waals surface area contributed by atoms with Crippen molar-refractivity contribution < 1.29 is 14.9 Å². The minimum Gasteiger partial charge on any atom is -0.508 e. The maximum atomic E-state index is 9.30. The van der Waals surface area contributed by atoms with Crippen LogP contribution in [0.3, 0.4) is 0 Å². The quantitative estimate of drug-likeness (QED) is 0.868. The van der Waals surface area contributed by atoms with Gasteiger partial charge in [-0.1, -0.05) is 24.3 Å². The van der Waals surface area contributed by atoms with Crippen LogP contribution in [0, 0.1) is 0 Å². The van der Waals surface area contributed by atoms with E-state index in [-0.39, 0.29) is 17.6 Å². The Hall–Kier alpha value is -2.00. The monoisotopic (exact) mass is 244 g/mol. The summed E-state index contributed by atoms with van der Waals surface area (Å²) >= 11 is 0. The highest BCUT2D eigenvalue weighted by atomic mass is 16.5. The smallest absolute Gasteiger partial charge is 0.115 e. The highest BCUT2D eigenvalue weighted by Crippen LogP contribution is 2.28. The number of phenols is 2. The Kier molecular flexibility index (Phi) is 3.85. The van der Waals surface area contributed by atoms with E-state index in [4.69, 9.17) is 4.74 Å². The minimum atomic E-state index is -0.184. The van der Waals surface area contributed by atoms with Crippen molar-refractivity contribution in [2.75, 3.05) is 6.61 Å². The maximum Gasteiger partial charge on any atom is 0.115 e. The van der Waals surface area contributed by atoms with Gasteiger partial charge in [-0.2, -0.15) is 0 Å². The molecule has 3 heteroatoms. The van der Waals surface area contributed by atoms with Crippen molar-refractivity contribution in [3.63, 3.8) is 0 Å². The van der Waals surface area contributed by atoms with Crippen LogP contribution in [-0.2, 0) is 4.74 Å². The Morgan fingerprint density at radius 2 is 1.22 bits per heavy atom. The molecule has 2 aromatic carbocycles. The molecule has 3 nitrogen and oxygen atoms in total. The van der Waals surface area contributed by atoms with Crippen LogP contribution in [0.5, 0.6) is 11.5 Å². The summed E-state index contributed by atoms with van der Waals surface area (Å²) in [4.78, 5) is 0. The van der Waals surface area contributed by atoms with Crippen molar-refractivity contribution >= 4 is 0 Å². The van der Waals surface area contributed by atoms with Crippen LogP contribution in [-0.4, -0.2) is 16.8 Å². The molecule has 0 aliphatic rings. The van der Waals surface area contributed by atoms with E-state index in [0.717, 1.165) is 11.1 Å². The first-order valence-corrected chi connectivity index (χ1v) is 5.90. The lowest BCUT2D eigenvalue weighted by Gasteiger charge is -2.18. The lowest BCUT2D eigenvalue weighted by atomic mass is 10.0. The van der Waals surface area contributed by atoms with Gasteiger partial charge in [0.05, 0.1) is 0 Å². The lowest BCUT2D eigenvalue weighted by Crippen LogP contribution is -2.05. The molecule has 2 N–H and O–H groups in total. The fourth-order valence-electron chi connectivity index (χ4n) is 1.85. The normalized spacial score (nSPS) is 10.8. The van der Waals surface area contributed by atoms with E-state index in [0.29, 0.717) is 6.61 Å². The number of hydrogen-bond acceptors (Lipinski definition) is 3. The van der Waals surface area contributed by atoms with Crippen molar-refractivity contribution in [1.29, 1.82) is 0 Å². The van der Waals surface area contributed by atoms with Gasteiger partial charge in [0, 0.05) is 6.61 Å². The van der Waals surface area contributed by atoms with Gasteiger partial charge in [0.25, 0.3) is 0 Å². The van der Waals surface area contributed by atoms with Gasteiger partial charge >= 0.3 is 0 Å². The number of hydrogen-bond donors (Lipinski definition) is 2. The van der Waals surface area contributed by atoms with Gasteiger partial charge in [-0.15, -0.1) is 0 Å². The molecular weight excluding hydrogens is 228 g/mol. The van der Waals surface area contributed by atoms with Crippen LogP contribution in [0.2, 0.25) is 0 Å². The minimum absolute atomic E-state index is 0.184. The topological polar surface area (TPSA) is 49.7 Å². The Bertz CT molecular complexity index is 443. The van der Waals surface area contributed by atoms with Crippen molar-refractivity contribution in [3.8, 4) is 11.5 Å². The molecule has 0 spiro atoms. The highest BCUT2D eigenvalue weighted by molar-refractivity contribution is 5.35. The number of rotatable bonds is 4. The Morgan fingerprint density at radius 3 is 1.56 bits per heavy atom. The fraction of sp³-hybridized carbons (Fsp3) is 0.200. The van der Waals surface area contributed by atoms with Gasteiger partial charge in [-0.25, -0.2) is 0 Å². The molecule has 0 heterocycles. The summed E-state index contributed by atoms with van der Waals surface area (Å²) in [6.45, 7) is 2.53. The molecule has 0 radical (unpaired) electrons. The molecule has 0 aliphatic carbocycles. The first-order chi connectivity index (χ1) is 8.70. The number of aromatic hydroxyl groups is 2. The zero-order chi connectivity index (χ0) is 13.0. The molecule has 0 fully saturated rings. The van der Waals surface area contributed by atoms with E-state index in [9.17, 15) is 10.2 Å². The average molecular weight is 244 g/mol. The molecule has 0 amide bonds. The molecule has 0 saturated heterocycles. The van der Waals surface area contributed by atoms with Crippen LogP contribution in [0.1, 0.15) is 24.2 Å². The van der Waals surface area contributed by atoms with E-state index < -0.39 is 0 Å². The summed E-state index contributed by atoms with van der Waals surface area (Å²) in [5, 5.41) is 18.6. The molecule has 0 bridgehead atoms. The third-order valence-electron chi connectivity index (χ3n) is 2.73. The van der Waals surface area contributed by atoms with Gasteiger partial charge in [0.2, 0.25) is 0 Å². The van der Waals surface area contributed by atoms with Crippen molar-refractivity contribution in [2.24, 2.45) is 0 Å². The second-order valence-electron chi connectivity index (χ2n) is 4.02. The van der Waals surface area contributed by atoms with Crippen LogP contribution in [0.15, 0.2) is 48.5 Å². The van der Waals surface area contributed by atoms with Crippen molar-refractivity contribution in [3.05, 3.63) is 59.7 Å². The standard InChI is InChI=1S/C15H16O3/c1-2-18-15(11-3-7-13(16)8-4-11)12-5-9-14(17)10-6-12/h3-10,15-17H,2H2,1H3. The zero-order valence-corrected chi connectivity index (χ0v) is 10.2. The second-order valence-corrected chi connectivity index (χ2v) is 4.02. The lowest BCUT2D eigenvalue weighted by molar-refractivity contribution is 0.0913. The Morgan fingerprint density at radius 1 is 0.833 bits per heavy atom. The second kappa shape index (κ2) is 5.56. The van der Waals surface area contributed by atoms with Crippen LogP contribution in [0.4, 0.5) is 0 Å².